The Labute approximate surface area is 160 Å². The van der Waals surface area contributed by atoms with E-state index in [0.717, 1.165) is 0 Å². The number of rotatable bonds is 8. The maximum Gasteiger partial charge on any atom is 0.396 e. The molecule has 0 radical (unpaired) electrons. The summed E-state index contributed by atoms with van der Waals surface area (Å²) in [6.45, 7) is -0.354. The van der Waals surface area contributed by atoms with Gasteiger partial charge in [-0.2, -0.15) is 13.2 Å². The minimum Gasteiger partial charge on any atom is -0.482 e. The highest BCUT2D eigenvalue weighted by Crippen LogP contribution is 2.37. The molecular formula is C20H20F3NO4. The van der Waals surface area contributed by atoms with Crippen molar-refractivity contribution in [2.24, 2.45) is 0 Å². The zero-order valence-electron chi connectivity index (χ0n) is 15.1. The summed E-state index contributed by atoms with van der Waals surface area (Å²) in [5.41, 5.74) is 0.735. The zero-order valence-corrected chi connectivity index (χ0v) is 15.1. The molecule has 2 aromatic carbocycles. The number of carboxylic acids is 1. The third-order valence-corrected chi connectivity index (χ3v) is 4.11. The summed E-state index contributed by atoms with van der Waals surface area (Å²) in [5.74, 6) is -3.25. The third kappa shape index (κ3) is 6.29. The second kappa shape index (κ2) is 9.25. The molecule has 0 heterocycles. The molecule has 2 rings (SSSR count). The summed E-state index contributed by atoms with van der Waals surface area (Å²) >= 11 is 0. The first kappa shape index (κ1) is 21.3. The van der Waals surface area contributed by atoms with Crippen LogP contribution in [0.3, 0.4) is 0 Å². The number of aliphatic carboxylic acids is 1. The fraction of sp³-hybridized carbons (Fsp3) is 0.300. The fourth-order valence-corrected chi connectivity index (χ4v) is 2.64. The van der Waals surface area contributed by atoms with Crippen molar-refractivity contribution in [2.45, 2.75) is 25.1 Å². The number of hydrogen-bond acceptors (Lipinski definition) is 3. The molecule has 0 aliphatic carbocycles. The van der Waals surface area contributed by atoms with Gasteiger partial charge in [-0.3, -0.25) is 4.79 Å². The van der Waals surface area contributed by atoms with E-state index in [4.69, 9.17) is 9.84 Å². The molecule has 0 aliphatic rings. The Morgan fingerprint density at radius 2 is 1.68 bits per heavy atom. The van der Waals surface area contributed by atoms with Crippen molar-refractivity contribution in [1.29, 1.82) is 0 Å². The first-order valence-electron chi connectivity index (χ1n) is 8.46. The zero-order chi connectivity index (χ0) is 20.7. The third-order valence-electron chi connectivity index (χ3n) is 4.11. The Kier molecular flexibility index (Phi) is 7.03. The Morgan fingerprint density at radius 3 is 2.21 bits per heavy atom. The van der Waals surface area contributed by atoms with Gasteiger partial charge in [0.2, 0.25) is 5.91 Å². The van der Waals surface area contributed by atoms with Crippen LogP contribution in [0.15, 0.2) is 54.6 Å². The lowest BCUT2D eigenvalue weighted by Gasteiger charge is -2.24. The molecule has 0 spiro atoms. The van der Waals surface area contributed by atoms with Crippen LogP contribution in [0.25, 0.3) is 0 Å². The number of carboxylic acid groups (broad SMARTS) is 1. The summed E-state index contributed by atoms with van der Waals surface area (Å²) in [5, 5.41) is 8.57. The number of alkyl halides is 3. The second-order valence-corrected chi connectivity index (χ2v) is 6.29. The van der Waals surface area contributed by atoms with Gasteiger partial charge in [-0.05, 0) is 23.3 Å². The molecule has 28 heavy (non-hydrogen) atoms. The molecule has 1 unspecified atom stereocenters. The van der Waals surface area contributed by atoms with Gasteiger partial charge in [0.15, 0.2) is 6.61 Å². The highest BCUT2D eigenvalue weighted by atomic mass is 19.4. The van der Waals surface area contributed by atoms with Crippen LogP contribution in [-0.2, 0) is 16.1 Å². The van der Waals surface area contributed by atoms with Gasteiger partial charge in [-0.1, -0.05) is 42.5 Å². The molecule has 150 valence electrons. The summed E-state index contributed by atoms with van der Waals surface area (Å²) in [7, 11) is 1.44. The van der Waals surface area contributed by atoms with E-state index in [-0.39, 0.29) is 12.1 Å². The SMILES string of the molecule is CN(Cc1ccc(OCC(=O)O)cc1)C(=O)CC(c1ccccc1)C(F)(F)F. The maximum absolute atomic E-state index is 13.4. The number of carbonyl (C=O) groups is 2. The van der Waals surface area contributed by atoms with Crippen LogP contribution in [0.4, 0.5) is 13.2 Å². The van der Waals surface area contributed by atoms with E-state index in [1.54, 1.807) is 30.3 Å². The van der Waals surface area contributed by atoms with Crippen LogP contribution in [-0.4, -0.2) is 41.7 Å². The number of nitrogens with zero attached hydrogens (tertiary/aromatic N) is 1. The van der Waals surface area contributed by atoms with E-state index in [2.05, 4.69) is 0 Å². The van der Waals surface area contributed by atoms with Gasteiger partial charge < -0.3 is 14.7 Å². The number of ether oxygens (including phenoxy) is 1. The first-order valence-corrected chi connectivity index (χ1v) is 8.46. The van der Waals surface area contributed by atoms with Gasteiger partial charge in [0.25, 0.3) is 0 Å². The normalized spacial score (nSPS) is 12.3. The van der Waals surface area contributed by atoms with Crippen molar-refractivity contribution in [3.63, 3.8) is 0 Å². The van der Waals surface area contributed by atoms with Gasteiger partial charge in [-0.15, -0.1) is 0 Å². The lowest BCUT2D eigenvalue weighted by molar-refractivity contribution is -0.160. The standard InChI is InChI=1S/C20H20F3NO4/c1-24(12-14-7-9-16(10-8-14)28-13-19(26)27)18(25)11-17(20(21,22)23)15-5-3-2-4-6-15/h2-10,17H,11-13H2,1H3,(H,26,27). The fourth-order valence-electron chi connectivity index (χ4n) is 2.64. The van der Waals surface area contributed by atoms with E-state index < -0.39 is 37.0 Å². The van der Waals surface area contributed by atoms with Crippen LogP contribution in [0, 0.1) is 0 Å². The van der Waals surface area contributed by atoms with E-state index in [1.807, 2.05) is 0 Å². The van der Waals surface area contributed by atoms with Crippen LogP contribution < -0.4 is 4.74 Å². The van der Waals surface area contributed by atoms with Crippen LogP contribution in [0.2, 0.25) is 0 Å². The molecule has 0 aromatic heterocycles. The predicted molar refractivity (Wildman–Crippen MR) is 95.9 cm³/mol. The maximum atomic E-state index is 13.4. The quantitative estimate of drug-likeness (QED) is 0.738. The van der Waals surface area contributed by atoms with Gasteiger partial charge in [0.05, 0.1) is 5.92 Å². The molecule has 8 heteroatoms. The highest BCUT2D eigenvalue weighted by molar-refractivity contribution is 5.77. The summed E-state index contributed by atoms with van der Waals surface area (Å²) in [6, 6.07) is 13.7. The van der Waals surface area contributed by atoms with Crippen LogP contribution in [0.5, 0.6) is 5.75 Å². The van der Waals surface area contributed by atoms with Crippen molar-refractivity contribution in [3.05, 3.63) is 65.7 Å². The molecule has 0 saturated carbocycles. The Morgan fingerprint density at radius 1 is 1.07 bits per heavy atom. The van der Waals surface area contributed by atoms with Crippen LogP contribution in [0.1, 0.15) is 23.5 Å². The van der Waals surface area contributed by atoms with Gasteiger partial charge in [0, 0.05) is 20.0 Å². The molecule has 1 amide bonds. The lowest BCUT2D eigenvalue weighted by atomic mass is 9.94. The number of amides is 1. The van der Waals surface area contributed by atoms with Crippen molar-refractivity contribution in [3.8, 4) is 5.75 Å². The largest absolute Gasteiger partial charge is 0.482 e. The number of benzene rings is 2. The number of halogens is 3. The highest BCUT2D eigenvalue weighted by Gasteiger charge is 2.42. The molecule has 0 aliphatic heterocycles. The summed E-state index contributed by atoms with van der Waals surface area (Å²) < 4.78 is 45.2. The predicted octanol–water partition coefficient (Wildman–Crippen LogP) is 3.84. The smallest absolute Gasteiger partial charge is 0.396 e. The molecule has 2 aromatic rings. The molecule has 0 saturated heterocycles. The van der Waals surface area contributed by atoms with Crippen LogP contribution >= 0.6 is 0 Å². The van der Waals surface area contributed by atoms with E-state index in [9.17, 15) is 22.8 Å². The Hall–Kier alpha value is -3.03. The number of carbonyl (C=O) groups excluding carboxylic acids is 1. The second-order valence-electron chi connectivity index (χ2n) is 6.29. The minimum absolute atomic E-state index is 0.0525. The monoisotopic (exact) mass is 395 g/mol. The summed E-state index contributed by atoms with van der Waals surface area (Å²) in [4.78, 5) is 24.1. The van der Waals surface area contributed by atoms with E-state index in [0.29, 0.717) is 11.3 Å². The Balaban J connectivity index is 2.00. The van der Waals surface area contributed by atoms with E-state index in [1.165, 1.54) is 36.2 Å². The lowest BCUT2D eigenvalue weighted by Crippen LogP contribution is -2.31. The molecule has 5 nitrogen and oxygen atoms in total. The van der Waals surface area contributed by atoms with E-state index >= 15 is 0 Å². The minimum atomic E-state index is -4.53. The topological polar surface area (TPSA) is 66.8 Å². The van der Waals surface area contributed by atoms with Gasteiger partial charge in [-0.25, -0.2) is 4.79 Å². The number of hydrogen-bond donors (Lipinski definition) is 1. The average Bonchev–Trinajstić information content (AvgIpc) is 2.65. The van der Waals surface area contributed by atoms with Gasteiger partial charge >= 0.3 is 12.1 Å². The van der Waals surface area contributed by atoms with Crippen molar-refractivity contribution in [1.82, 2.24) is 4.90 Å². The molecule has 1 N–H and O–H groups in total. The first-order chi connectivity index (χ1) is 13.2. The molecule has 0 bridgehead atoms. The molecular weight excluding hydrogens is 375 g/mol. The average molecular weight is 395 g/mol. The van der Waals surface area contributed by atoms with Crippen molar-refractivity contribution >= 4 is 11.9 Å². The summed E-state index contributed by atoms with van der Waals surface area (Å²) in [6.07, 6.45) is -5.20. The Bertz CT molecular complexity index is 791. The van der Waals surface area contributed by atoms with Crippen molar-refractivity contribution in [2.75, 3.05) is 13.7 Å². The molecule has 1 atom stereocenters. The van der Waals surface area contributed by atoms with Crippen molar-refractivity contribution < 1.29 is 32.6 Å². The van der Waals surface area contributed by atoms with Gasteiger partial charge in [0.1, 0.15) is 5.75 Å². The molecule has 0 fully saturated rings.